The molecule has 2 aromatic rings. The lowest BCUT2D eigenvalue weighted by molar-refractivity contribution is -0.385. The summed E-state index contributed by atoms with van der Waals surface area (Å²) in [5, 5.41) is 14.9. The van der Waals surface area contributed by atoms with Crippen LogP contribution in [0.1, 0.15) is 15.9 Å². The summed E-state index contributed by atoms with van der Waals surface area (Å²) in [6.45, 7) is 0.377. The van der Waals surface area contributed by atoms with Crippen LogP contribution in [0.2, 0.25) is 0 Å². The fourth-order valence-electron chi connectivity index (χ4n) is 1.93. The third-order valence-electron chi connectivity index (χ3n) is 2.93. The highest BCUT2D eigenvalue weighted by Crippen LogP contribution is 2.29. The van der Waals surface area contributed by atoms with Crippen molar-refractivity contribution in [2.45, 2.75) is 6.54 Å². The Morgan fingerprint density at radius 1 is 1.52 bits per heavy atom. The van der Waals surface area contributed by atoms with E-state index >= 15 is 0 Å². The normalized spacial score (nSPS) is 10.4. The van der Waals surface area contributed by atoms with E-state index in [2.05, 4.69) is 21.0 Å². The second-order valence-electron chi connectivity index (χ2n) is 4.58. The number of halogens is 1. The molecule has 0 aliphatic carbocycles. The number of nitro groups is 1. The molecule has 0 atom stereocenters. The van der Waals surface area contributed by atoms with Gasteiger partial charge in [-0.3, -0.25) is 19.6 Å². The Balaban J connectivity index is 2.23. The summed E-state index contributed by atoms with van der Waals surface area (Å²) in [5.74, 6) is -0.297. The van der Waals surface area contributed by atoms with Crippen LogP contribution in [-0.4, -0.2) is 32.6 Å². The van der Waals surface area contributed by atoms with Crippen molar-refractivity contribution in [3.63, 3.8) is 0 Å². The van der Waals surface area contributed by atoms with Crippen LogP contribution in [0.3, 0.4) is 0 Å². The Morgan fingerprint density at radius 3 is 2.81 bits per heavy atom. The van der Waals surface area contributed by atoms with Gasteiger partial charge in [-0.25, -0.2) is 0 Å². The molecule has 0 unspecified atom stereocenters. The van der Waals surface area contributed by atoms with Crippen molar-refractivity contribution < 1.29 is 9.72 Å². The van der Waals surface area contributed by atoms with Gasteiger partial charge in [0.25, 0.3) is 11.6 Å². The van der Waals surface area contributed by atoms with E-state index in [1.807, 2.05) is 6.20 Å². The summed E-state index contributed by atoms with van der Waals surface area (Å²) < 4.78 is 1.84. The molecular formula is C13H13BrN4O3. The first-order valence-corrected chi connectivity index (χ1v) is 6.85. The van der Waals surface area contributed by atoms with Crippen molar-refractivity contribution in [2.75, 3.05) is 7.05 Å². The zero-order chi connectivity index (χ0) is 15.6. The Kier molecular flexibility index (Phi) is 4.37. The van der Waals surface area contributed by atoms with Crippen LogP contribution in [0.15, 0.2) is 35.1 Å². The maximum Gasteiger partial charge on any atom is 0.284 e. The lowest BCUT2D eigenvalue weighted by atomic mass is 10.1. The number of nitrogens with zero attached hydrogens (tertiary/aromatic N) is 4. The second kappa shape index (κ2) is 6.04. The molecule has 0 bridgehead atoms. The maximum absolute atomic E-state index is 12.4. The van der Waals surface area contributed by atoms with E-state index < -0.39 is 4.92 Å². The third kappa shape index (κ3) is 3.27. The van der Waals surface area contributed by atoms with E-state index in [1.54, 1.807) is 31.0 Å². The zero-order valence-electron chi connectivity index (χ0n) is 11.5. The Morgan fingerprint density at radius 2 is 2.24 bits per heavy atom. The van der Waals surface area contributed by atoms with Crippen molar-refractivity contribution in [1.29, 1.82) is 0 Å². The first-order chi connectivity index (χ1) is 9.90. The Labute approximate surface area is 129 Å². The van der Waals surface area contributed by atoms with E-state index in [0.29, 0.717) is 6.54 Å². The van der Waals surface area contributed by atoms with Gasteiger partial charge < -0.3 is 4.90 Å². The minimum absolute atomic E-state index is 0.129. The summed E-state index contributed by atoms with van der Waals surface area (Å²) in [6, 6.07) is 4.40. The van der Waals surface area contributed by atoms with Gasteiger partial charge in [0.1, 0.15) is 4.47 Å². The third-order valence-corrected chi connectivity index (χ3v) is 3.76. The number of amides is 1. The van der Waals surface area contributed by atoms with Crippen molar-refractivity contribution >= 4 is 27.5 Å². The molecule has 21 heavy (non-hydrogen) atoms. The summed E-state index contributed by atoms with van der Waals surface area (Å²) in [5.41, 5.74) is 1.01. The number of carbonyl (C=O) groups is 1. The van der Waals surface area contributed by atoms with Gasteiger partial charge in [0.2, 0.25) is 0 Å². The van der Waals surface area contributed by atoms with Crippen molar-refractivity contribution in [3.05, 3.63) is 56.3 Å². The van der Waals surface area contributed by atoms with Gasteiger partial charge in [-0.2, -0.15) is 5.10 Å². The summed E-state index contributed by atoms with van der Waals surface area (Å²) in [7, 11) is 3.43. The van der Waals surface area contributed by atoms with Crippen molar-refractivity contribution in [1.82, 2.24) is 14.7 Å². The first-order valence-electron chi connectivity index (χ1n) is 6.06. The van der Waals surface area contributed by atoms with Crippen LogP contribution in [0.4, 0.5) is 5.69 Å². The van der Waals surface area contributed by atoms with E-state index in [4.69, 9.17) is 0 Å². The number of benzene rings is 1. The van der Waals surface area contributed by atoms with Gasteiger partial charge in [-0.1, -0.05) is 6.07 Å². The number of hydrogen-bond acceptors (Lipinski definition) is 4. The molecule has 0 N–H and O–H groups in total. The van der Waals surface area contributed by atoms with E-state index in [-0.39, 0.29) is 21.6 Å². The molecule has 2 rings (SSSR count). The molecule has 0 spiro atoms. The van der Waals surface area contributed by atoms with Gasteiger partial charge in [0.05, 0.1) is 16.7 Å². The quantitative estimate of drug-likeness (QED) is 0.624. The fraction of sp³-hybridized carbons (Fsp3) is 0.231. The Bertz CT molecular complexity index is 698. The summed E-state index contributed by atoms with van der Waals surface area (Å²) >= 11 is 3.13. The second-order valence-corrected chi connectivity index (χ2v) is 5.37. The van der Waals surface area contributed by atoms with Crippen LogP contribution >= 0.6 is 15.9 Å². The largest absolute Gasteiger partial charge is 0.337 e. The molecule has 0 fully saturated rings. The standard InChI is InChI=1S/C13H13BrN4O3/c1-16(7-9-6-15-17(2)8-9)13(19)10-4-3-5-11(12(10)14)18(20)21/h3-6,8H,7H2,1-2H3. The van der Waals surface area contributed by atoms with Gasteiger partial charge in [-0.15, -0.1) is 0 Å². The first kappa shape index (κ1) is 15.2. The van der Waals surface area contributed by atoms with E-state index in [0.717, 1.165) is 5.56 Å². The predicted octanol–water partition coefficient (Wildman–Crippen LogP) is 2.36. The number of aromatic nitrogens is 2. The monoisotopic (exact) mass is 352 g/mol. The highest BCUT2D eigenvalue weighted by Gasteiger charge is 2.22. The zero-order valence-corrected chi connectivity index (χ0v) is 13.1. The molecule has 1 heterocycles. The number of hydrogen-bond donors (Lipinski definition) is 0. The molecule has 1 aromatic heterocycles. The molecular weight excluding hydrogens is 340 g/mol. The summed E-state index contributed by atoms with van der Waals surface area (Å²) in [4.78, 5) is 24.3. The smallest absolute Gasteiger partial charge is 0.284 e. The maximum atomic E-state index is 12.4. The minimum atomic E-state index is -0.526. The average Bonchev–Trinajstić information content (AvgIpc) is 2.83. The van der Waals surface area contributed by atoms with Crippen LogP contribution in [0.25, 0.3) is 0 Å². The van der Waals surface area contributed by atoms with Crippen LogP contribution < -0.4 is 0 Å². The van der Waals surface area contributed by atoms with Crippen LogP contribution in [0.5, 0.6) is 0 Å². The highest BCUT2D eigenvalue weighted by atomic mass is 79.9. The number of aryl methyl sites for hydroxylation is 1. The summed E-state index contributed by atoms with van der Waals surface area (Å²) in [6.07, 6.45) is 3.48. The van der Waals surface area contributed by atoms with E-state index in [9.17, 15) is 14.9 Å². The minimum Gasteiger partial charge on any atom is -0.337 e. The lowest BCUT2D eigenvalue weighted by Gasteiger charge is -2.17. The van der Waals surface area contributed by atoms with Crippen LogP contribution in [0, 0.1) is 10.1 Å². The van der Waals surface area contributed by atoms with Gasteiger partial charge in [0, 0.05) is 38.5 Å². The number of carbonyl (C=O) groups excluding carboxylic acids is 1. The van der Waals surface area contributed by atoms with Crippen molar-refractivity contribution in [3.8, 4) is 0 Å². The molecule has 0 saturated heterocycles. The number of nitro benzene ring substituents is 1. The topological polar surface area (TPSA) is 81.3 Å². The van der Waals surface area contributed by atoms with Gasteiger partial charge >= 0.3 is 0 Å². The molecule has 110 valence electrons. The van der Waals surface area contributed by atoms with Crippen LogP contribution in [-0.2, 0) is 13.6 Å². The molecule has 1 aromatic carbocycles. The SMILES string of the molecule is CN(Cc1cnn(C)c1)C(=O)c1cccc([N+](=O)[O-])c1Br. The van der Waals surface area contributed by atoms with Gasteiger partial charge in [0.15, 0.2) is 0 Å². The predicted molar refractivity (Wildman–Crippen MR) is 79.8 cm³/mol. The molecule has 1 amide bonds. The molecule has 0 aliphatic heterocycles. The molecule has 0 radical (unpaired) electrons. The van der Waals surface area contributed by atoms with Gasteiger partial charge in [-0.05, 0) is 22.0 Å². The number of rotatable bonds is 4. The van der Waals surface area contributed by atoms with E-state index in [1.165, 1.54) is 17.0 Å². The highest BCUT2D eigenvalue weighted by molar-refractivity contribution is 9.10. The van der Waals surface area contributed by atoms with Crippen molar-refractivity contribution in [2.24, 2.45) is 7.05 Å². The molecule has 8 heteroatoms. The average molecular weight is 353 g/mol. The fourth-order valence-corrected chi connectivity index (χ4v) is 2.51. The molecule has 0 aliphatic rings. The lowest BCUT2D eigenvalue weighted by Crippen LogP contribution is -2.26. The molecule has 0 saturated carbocycles. The molecule has 7 nitrogen and oxygen atoms in total. The Hall–Kier alpha value is -2.22.